The Hall–Kier alpha value is -1.10. The number of nitrogens with zero attached hydrogens (tertiary/aromatic N) is 1. The lowest BCUT2D eigenvalue weighted by Crippen LogP contribution is -2.37. The largest absolute Gasteiger partial charge is 0.492 e. The summed E-state index contributed by atoms with van der Waals surface area (Å²) in [5.74, 6) is 1.74. The maximum absolute atomic E-state index is 5.96. The van der Waals surface area contributed by atoms with Gasteiger partial charge in [0.05, 0.1) is 0 Å². The van der Waals surface area contributed by atoms with E-state index in [4.69, 9.17) is 9.47 Å². The van der Waals surface area contributed by atoms with Gasteiger partial charge in [0.2, 0.25) is 0 Å². The normalized spacial score (nSPS) is 17.0. The summed E-state index contributed by atoms with van der Waals surface area (Å²) >= 11 is 0. The molecule has 1 aliphatic heterocycles. The molecule has 0 radical (unpaired) electrons. The maximum atomic E-state index is 5.96. The van der Waals surface area contributed by atoms with Crippen LogP contribution in [0.2, 0.25) is 0 Å². The summed E-state index contributed by atoms with van der Waals surface area (Å²) in [6.45, 7) is 5.84. The molecule has 4 nitrogen and oxygen atoms in total. The lowest BCUT2D eigenvalue weighted by Gasteiger charge is -2.31. The Balaban J connectivity index is 1.70. The van der Waals surface area contributed by atoms with Crippen LogP contribution in [-0.4, -0.2) is 51.9 Å². The van der Waals surface area contributed by atoms with Crippen molar-refractivity contribution in [2.24, 2.45) is 5.92 Å². The summed E-state index contributed by atoms with van der Waals surface area (Å²) in [7, 11) is 3.75. The van der Waals surface area contributed by atoms with Crippen LogP contribution < -0.4 is 10.1 Å². The molecule has 1 heterocycles. The van der Waals surface area contributed by atoms with Crippen LogP contribution in [0.25, 0.3) is 0 Å². The minimum Gasteiger partial charge on any atom is -0.492 e. The quantitative estimate of drug-likeness (QED) is 0.796. The number of hydrogen-bond acceptors (Lipinski definition) is 4. The predicted molar refractivity (Wildman–Crippen MR) is 85.7 cm³/mol. The number of nitrogens with one attached hydrogen (secondary N) is 1. The highest BCUT2D eigenvalue weighted by atomic mass is 16.5. The molecule has 0 aliphatic carbocycles. The topological polar surface area (TPSA) is 33.7 Å². The van der Waals surface area contributed by atoms with Crippen molar-refractivity contribution in [3.63, 3.8) is 0 Å². The lowest BCUT2D eigenvalue weighted by atomic mass is 9.98. The molecule has 1 saturated heterocycles. The van der Waals surface area contributed by atoms with E-state index in [1.54, 1.807) is 7.11 Å². The summed E-state index contributed by atoms with van der Waals surface area (Å²) in [6.07, 6.45) is 2.48. The molecule has 0 amide bonds. The number of ether oxygens (including phenoxy) is 2. The number of hydrogen-bond donors (Lipinski definition) is 1. The number of likely N-dealkylation sites (tertiary alicyclic amines) is 1. The molecule has 1 aromatic rings. The van der Waals surface area contributed by atoms with E-state index in [1.165, 1.54) is 18.4 Å². The number of methoxy groups -OCH3 is 1. The molecule has 2 rings (SSSR count). The van der Waals surface area contributed by atoms with Gasteiger partial charge in [-0.05, 0) is 45.0 Å². The van der Waals surface area contributed by atoms with Gasteiger partial charge in [0.1, 0.15) is 12.4 Å². The Kier molecular flexibility index (Phi) is 7.00. The third kappa shape index (κ3) is 5.30. The average molecular weight is 292 g/mol. The highest BCUT2D eigenvalue weighted by Crippen LogP contribution is 2.19. The van der Waals surface area contributed by atoms with Gasteiger partial charge in [-0.25, -0.2) is 0 Å². The summed E-state index contributed by atoms with van der Waals surface area (Å²) in [6, 6.07) is 8.25. The van der Waals surface area contributed by atoms with Gasteiger partial charge in [-0.2, -0.15) is 0 Å². The molecule has 1 fully saturated rings. The Bertz CT molecular complexity index is 404. The first-order chi connectivity index (χ1) is 10.3. The minimum atomic E-state index is 0.739. The lowest BCUT2D eigenvalue weighted by molar-refractivity contribution is 0.0927. The summed E-state index contributed by atoms with van der Waals surface area (Å²) in [5, 5.41) is 3.18. The SMILES string of the molecule is CNCc1ccccc1OCCN1CCC(COC)CC1. The highest BCUT2D eigenvalue weighted by Gasteiger charge is 2.18. The molecule has 0 spiro atoms. The molecule has 118 valence electrons. The molecule has 0 atom stereocenters. The van der Waals surface area contributed by atoms with Crippen LogP contribution in [0.4, 0.5) is 0 Å². The van der Waals surface area contributed by atoms with Gasteiger partial charge in [0, 0.05) is 32.4 Å². The zero-order chi connectivity index (χ0) is 14.9. The fourth-order valence-corrected chi connectivity index (χ4v) is 2.88. The molecule has 21 heavy (non-hydrogen) atoms. The zero-order valence-corrected chi connectivity index (χ0v) is 13.3. The molecule has 1 N–H and O–H groups in total. The van der Waals surface area contributed by atoms with Gasteiger partial charge >= 0.3 is 0 Å². The van der Waals surface area contributed by atoms with Gasteiger partial charge in [0.15, 0.2) is 0 Å². The van der Waals surface area contributed by atoms with Crippen LogP contribution in [0, 0.1) is 5.92 Å². The van der Waals surface area contributed by atoms with Crippen molar-refractivity contribution in [1.82, 2.24) is 10.2 Å². The highest BCUT2D eigenvalue weighted by molar-refractivity contribution is 5.33. The monoisotopic (exact) mass is 292 g/mol. The Labute approximate surface area is 128 Å². The van der Waals surface area contributed by atoms with Crippen LogP contribution in [0.3, 0.4) is 0 Å². The third-order valence-electron chi connectivity index (χ3n) is 4.11. The first-order valence-corrected chi connectivity index (χ1v) is 7.90. The molecular weight excluding hydrogens is 264 g/mol. The first-order valence-electron chi connectivity index (χ1n) is 7.90. The fourth-order valence-electron chi connectivity index (χ4n) is 2.88. The van der Waals surface area contributed by atoms with Gasteiger partial charge in [0.25, 0.3) is 0 Å². The maximum Gasteiger partial charge on any atom is 0.123 e. The zero-order valence-electron chi connectivity index (χ0n) is 13.3. The van der Waals surface area contributed by atoms with Crippen molar-refractivity contribution in [2.45, 2.75) is 19.4 Å². The van der Waals surface area contributed by atoms with Crippen LogP contribution in [0.15, 0.2) is 24.3 Å². The number of para-hydroxylation sites is 1. The minimum absolute atomic E-state index is 0.739. The van der Waals surface area contributed by atoms with E-state index < -0.39 is 0 Å². The molecular formula is C17H28N2O2. The molecule has 1 aliphatic rings. The van der Waals surface area contributed by atoms with Crippen molar-refractivity contribution in [3.8, 4) is 5.75 Å². The molecule has 1 aromatic carbocycles. The Morgan fingerprint density at radius 1 is 1.24 bits per heavy atom. The predicted octanol–water partition coefficient (Wildman–Crippen LogP) is 2.14. The molecule has 0 aromatic heterocycles. The van der Waals surface area contributed by atoms with E-state index in [-0.39, 0.29) is 0 Å². The number of benzene rings is 1. The molecule has 0 saturated carbocycles. The third-order valence-corrected chi connectivity index (χ3v) is 4.11. The smallest absolute Gasteiger partial charge is 0.123 e. The second-order valence-electron chi connectivity index (χ2n) is 5.73. The van der Waals surface area contributed by atoms with E-state index >= 15 is 0 Å². The fraction of sp³-hybridized carbons (Fsp3) is 0.647. The first kappa shape index (κ1) is 16.3. The van der Waals surface area contributed by atoms with E-state index in [1.807, 2.05) is 13.1 Å². The van der Waals surface area contributed by atoms with Crippen molar-refractivity contribution in [3.05, 3.63) is 29.8 Å². The second-order valence-corrected chi connectivity index (χ2v) is 5.73. The van der Waals surface area contributed by atoms with E-state index in [9.17, 15) is 0 Å². The summed E-state index contributed by atoms with van der Waals surface area (Å²) < 4.78 is 11.2. The van der Waals surface area contributed by atoms with Gasteiger partial charge < -0.3 is 14.8 Å². The van der Waals surface area contributed by atoms with Crippen LogP contribution in [0.5, 0.6) is 5.75 Å². The van der Waals surface area contributed by atoms with E-state index in [0.29, 0.717) is 0 Å². The molecule has 0 unspecified atom stereocenters. The van der Waals surface area contributed by atoms with E-state index in [2.05, 4.69) is 28.4 Å². The van der Waals surface area contributed by atoms with Crippen molar-refractivity contribution >= 4 is 0 Å². The number of rotatable bonds is 8. The van der Waals surface area contributed by atoms with Gasteiger partial charge in [-0.15, -0.1) is 0 Å². The second kappa shape index (κ2) is 9.03. The molecule has 4 heteroatoms. The van der Waals surface area contributed by atoms with Crippen molar-refractivity contribution in [1.29, 1.82) is 0 Å². The number of piperidine rings is 1. The van der Waals surface area contributed by atoms with Gasteiger partial charge in [-0.1, -0.05) is 18.2 Å². The van der Waals surface area contributed by atoms with Crippen molar-refractivity contribution in [2.75, 3.05) is 47.0 Å². The summed E-state index contributed by atoms with van der Waals surface area (Å²) in [5.41, 5.74) is 1.22. The Morgan fingerprint density at radius 3 is 2.71 bits per heavy atom. The Morgan fingerprint density at radius 2 is 2.00 bits per heavy atom. The van der Waals surface area contributed by atoms with Crippen LogP contribution in [-0.2, 0) is 11.3 Å². The molecule has 0 bridgehead atoms. The van der Waals surface area contributed by atoms with Crippen LogP contribution in [0.1, 0.15) is 18.4 Å². The van der Waals surface area contributed by atoms with E-state index in [0.717, 1.165) is 51.1 Å². The van der Waals surface area contributed by atoms with Crippen molar-refractivity contribution < 1.29 is 9.47 Å². The van der Waals surface area contributed by atoms with Gasteiger partial charge in [-0.3, -0.25) is 4.90 Å². The van der Waals surface area contributed by atoms with Crippen LogP contribution >= 0.6 is 0 Å². The summed E-state index contributed by atoms with van der Waals surface area (Å²) in [4.78, 5) is 2.49. The average Bonchev–Trinajstić information content (AvgIpc) is 2.51. The standard InChI is InChI=1S/C17H28N2O2/c1-18-13-16-5-3-4-6-17(16)21-12-11-19-9-7-15(8-10-19)14-20-2/h3-6,15,18H,7-14H2,1-2H3.